The zero-order chi connectivity index (χ0) is 14.9. The van der Waals surface area contributed by atoms with Gasteiger partial charge in [0.2, 0.25) is 0 Å². The number of benzene rings is 1. The van der Waals surface area contributed by atoms with E-state index < -0.39 is 15.8 Å². The minimum atomic E-state index is -3.96. The second-order valence-corrected chi connectivity index (χ2v) is 6.46. The maximum atomic E-state index is 13.7. The highest BCUT2D eigenvalue weighted by Gasteiger charge is 2.24. The Morgan fingerprint density at radius 3 is 2.70 bits per heavy atom. The van der Waals surface area contributed by atoms with E-state index in [0.717, 1.165) is 0 Å². The molecule has 8 heteroatoms. The Hall–Kier alpha value is -1.38. The highest BCUT2D eigenvalue weighted by molar-refractivity contribution is 9.10. The van der Waals surface area contributed by atoms with Crippen molar-refractivity contribution in [3.05, 3.63) is 46.1 Å². The molecule has 1 heterocycles. The summed E-state index contributed by atoms with van der Waals surface area (Å²) in [5.74, 6) is -0.338. The first-order valence-corrected chi connectivity index (χ1v) is 7.89. The molecule has 2 rings (SSSR count). The van der Waals surface area contributed by atoms with Crippen LogP contribution in [0.2, 0.25) is 0 Å². The molecule has 0 saturated carbocycles. The molecule has 0 bridgehead atoms. The Morgan fingerprint density at radius 1 is 1.45 bits per heavy atom. The predicted octanol–water partition coefficient (Wildman–Crippen LogP) is 2.75. The second-order valence-electron chi connectivity index (χ2n) is 4.09. The zero-order valence-electron chi connectivity index (χ0n) is 10.5. The first kappa shape index (κ1) is 15.0. The van der Waals surface area contributed by atoms with Crippen LogP contribution < -0.4 is 10.5 Å². The van der Waals surface area contributed by atoms with Crippen molar-refractivity contribution >= 4 is 31.6 Å². The fourth-order valence-corrected chi connectivity index (χ4v) is 3.77. The molecule has 20 heavy (non-hydrogen) atoms. The number of aryl methyl sites for hydroxylation is 1. The zero-order valence-corrected chi connectivity index (χ0v) is 12.9. The van der Waals surface area contributed by atoms with Gasteiger partial charge in [0.25, 0.3) is 10.0 Å². The average Bonchev–Trinajstić information content (AvgIpc) is 2.76. The topological polar surface area (TPSA) is 85.3 Å². The van der Waals surface area contributed by atoms with Gasteiger partial charge in [-0.05, 0) is 34.5 Å². The molecule has 2 aromatic rings. The quantitative estimate of drug-likeness (QED) is 0.875. The monoisotopic (exact) mass is 362 g/mol. The smallest absolute Gasteiger partial charge is 0.266 e. The molecule has 108 valence electrons. The molecule has 3 N–H and O–H groups in total. The minimum Gasteiger partial charge on any atom is -0.452 e. The Morgan fingerprint density at radius 2 is 2.15 bits per heavy atom. The summed E-state index contributed by atoms with van der Waals surface area (Å²) in [5.41, 5.74) is 5.78. The molecule has 0 amide bonds. The molecule has 0 fully saturated rings. The van der Waals surface area contributed by atoms with Gasteiger partial charge in [0.05, 0.1) is 12.2 Å². The molecular formula is C12H12BrFN2O3S. The SMILES string of the molecule is Cc1cccc(F)c1NS(=O)(=O)c1cc(CN)oc1Br. The number of sulfonamides is 1. The molecule has 0 unspecified atom stereocenters. The molecular weight excluding hydrogens is 351 g/mol. The molecule has 0 saturated heterocycles. The standard InChI is InChI=1S/C12H12BrFN2O3S/c1-7-3-2-4-9(14)11(7)16-20(17,18)10-5-8(6-15)19-12(10)13/h2-5,16H,6,15H2,1H3. The number of anilines is 1. The van der Waals surface area contributed by atoms with E-state index in [1.165, 1.54) is 18.2 Å². The summed E-state index contributed by atoms with van der Waals surface area (Å²) in [6, 6.07) is 5.59. The van der Waals surface area contributed by atoms with Gasteiger partial charge < -0.3 is 10.2 Å². The Bertz CT molecular complexity index is 723. The average molecular weight is 363 g/mol. The van der Waals surface area contributed by atoms with Gasteiger partial charge in [-0.2, -0.15) is 0 Å². The molecule has 0 aliphatic heterocycles. The lowest BCUT2D eigenvalue weighted by Crippen LogP contribution is -2.14. The summed E-state index contributed by atoms with van der Waals surface area (Å²) in [6.07, 6.45) is 0. The number of para-hydroxylation sites is 1. The van der Waals surface area contributed by atoms with Crippen LogP contribution in [0.3, 0.4) is 0 Å². The summed E-state index contributed by atoms with van der Waals surface area (Å²) in [5, 5.41) is 0. The molecule has 0 atom stereocenters. The normalized spacial score (nSPS) is 11.6. The lowest BCUT2D eigenvalue weighted by molar-refractivity contribution is 0.484. The minimum absolute atomic E-state index is 0.0273. The molecule has 1 aromatic carbocycles. The van der Waals surface area contributed by atoms with E-state index in [1.807, 2.05) is 0 Å². The number of hydrogen-bond acceptors (Lipinski definition) is 4. The van der Waals surface area contributed by atoms with E-state index in [0.29, 0.717) is 11.3 Å². The molecule has 0 spiro atoms. The van der Waals surface area contributed by atoms with Crippen molar-refractivity contribution in [3.63, 3.8) is 0 Å². The van der Waals surface area contributed by atoms with E-state index in [2.05, 4.69) is 20.7 Å². The van der Waals surface area contributed by atoms with Gasteiger partial charge in [0.15, 0.2) is 4.67 Å². The maximum Gasteiger partial charge on any atom is 0.266 e. The van der Waals surface area contributed by atoms with Gasteiger partial charge in [-0.15, -0.1) is 0 Å². The van der Waals surface area contributed by atoms with E-state index in [-0.39, 0.29) is 21.8 Å². The Labute approximate surface area is 124 Å². The van der Waals surface area contributed by atoms with Gasteiger partial charge in [-0.1, -0.05) is 12.1 Å². The number of hydrogen-bond donors (Lipinski definition) is 2. The van der Waals surface area contributed by atoms with Crippen LogP contribution >= 0.6 is 15.9 Å². The largest absolute Gasteiger partial charge is 0.452 e. The number of furan rings is 1. The third kappa shape index (κ3) is 2.87. The van der Waals surface area contributed by atoms with E-state index in [4.69, 9.17) is 10.2 Å². The van der Waals surface area contributed by atoms with Gasteiger partial charge in [-0.25, -0.2) is 12.8 Å². The molecule has 0 aliphatic rings. The molecule has 0 aliphatic carbocycles. The third-order valence-corrected chi connectivity index (χ3v) is 4.86. The van der Waals surface area contributed by atoms with Gasteiger partial charge in [0.1, 0.15) is 16.5 Å². The summed E-state index contributed by atoms with van der Waals surface area (Å²) in [4.78, 5) is -0.124. The fourth-order valence-electron chi connectivity index (χ4n) is 1.63. The molecule has 1 aromatic heterocycles. The first-order chi connectivity index (χ1) is 9.35. The predicted molar refractivity (Wildman–Crippen MR) is 76.2 cm³/mol. The van der Waals surface area contributed by atoms with Crippen LogP contribution in [0.1, 0.15) is 11.3 Å². The number of halogens is 2. The summed E-state index contributed by atoms with van der Waals surface area (Å²) in [6.45, 7) is 1.67. The summed E-state index contributed by atoms with van der Waals surface area (Å²) >= 11 is 3.01. The van der Waals surface area contributed by atoms with Crippen molar-refractivity contribution in [2.75, 3.05) is 4.72 Å². The lowest BCUT2D eigenvalue weighted by Gasteiger charge is -2.10. The van der Waals surface area contributed by atoms with Gasteiger partial charge in [0, 0.05) is 6.07 Å². The van der Waals surface area contributed by atoms with E-state index >= 15 is 0 Å². The molecule has 5 nitrogen and oxygen atoms in total. The number of rotatable bonds is 4. The first-order valence-electron chi connectivity index (χ1n) is 5.61. The van der Waals surface area contributed by atoms with Crippen LogP contribution in [-0.2, 0) is 16.6 Å². The van der Waals surface area contributed by atoms with Crippen LogP contribution in [0.15, 0.2) is 38.2 Å². The summed E-state index contributed by atoms with van der Waals surface area (Å²) in [7, 11) is -3.96. The van der Waals surface area contributed by atoms with Crippen LogP contribution in [0, 0.1) is 12.7 Å². The Balaban J connectivity index is 2.43. The van der Waals surface area contributed by atoms with Gasteiger partial charge in [-0.3, -0.25) is 4.72 Å². The van der Waals surface area contributed by atoms with Crippen molar-refractivity contribution < 1.29 is 17.2 Å². The van der Waals surface area contributed by atoms with Crippen LogP contribution in [0.5, 0.6) is 0 Å². The van der Waals surface area contributed by atoms with Crippen LogP contribution in [-0.4, -0.2) is 8.42 Å². The van der Waals surface area contributed by atoms with Crippen molar-refractivity contribution in [1.82, 2.24) is 0 Å². The fraction of sp³-hybridized carbons (Fsp3) is 0.167. The second kappa shape index (κ2) is 5.55. The van der Waals surface area contributed by atoms with Crippen molar-refractivity contribution in [1.29, 1.82) is 0 Å². The van der Waals surface area contributed by atoms with Crippen molar-refractivity contribution in [2.45, 2.75) is 18.4 Å². The number of nitrogens with two attached hydrogens (primary N) is 1. The lowest BCUT2D eigenvalue weighted by atomic mass is 10.2. The molecule has 0 radical (unpaired) electrons. The highest BCUT2D eigenvalue weighted by Crippen LogP contribution is 2.29. The van der Waals surface area contributed by atoms with E-state index in [9.17, 15) is 12.8 Å². The maximum absolute atomic E-state index is 13.7. The van der Waals surface area contributed by atoms with Gasteiger partial charge >= 0.3 is 0 Å². The van der Waals surface area contributed by atoms with E-state index in [1.54, 1.807) is 13.0 Å². The summed E-state index contributed by atoms with van der Waals surface area (Å²) < 4.78 is 45.6. The van der Waals surface area contributed by atoms with Crippen molar-refractivity contribution in [2.24, 2.45) is 5.73 Å². The number of nitrogens with one attached hydrogen (secondary N) is 1. The van der Waals surface area contributed by atoms with Crippen LogP contribution in [0.25, 0.3) is 0 Å². The third-order valence-electron chi connectivity index (χ3n) is 2.66. The highest BCUT2D eigenvalue weighted by atomic mass is 79.9. The van der Waals surface area contributed by atoms with Crippen LogP contribution in [0.4, 0.5) is 10.1 Å². The Kier molecular flexibility index (Phi) is 4.17. The van der Waals surface area contributed by atoms with Crippen molar-refractivity contribution in [3.8, 4) is 0 Å².